The van der Waals surface area contributed by atoms with Crippen LogP contribution in [0.25, 0.3) is 0 Å². The average Bonchev–Trinajstić information content (AvgIpc) is 2.22. The molecular weight excluding hydrogens is 225 g/mol. The van der Waals surface area contributed by atoms with Crippen LogP contribution < -0.4 is 5.32 Å². The van der Waals surface area contributed by atoms with Gasteiger partial charge in [-0.3, -0.25) is 9.59 Å². The fourth-order valence-electron chi connectivity index (χ4n) is 1.34. The van der Waals surface area contributed by atoms with E-state index in [1.165, 1.54) is 25.1 Å². The van der Waals surface area contributed by atoms with Crippen LogP contribution in [0, 0.1) is 18.7 Å². The van der Waals surface area contributed by atoms with Crippen LogP contribution in [0.15, 0.2) is 18.2 Å². The van der Waals surface area contributed by atoms with Crippen LogP contribution in [0.4, 0.5) is 10.1 Å². The fourth-order valence-corrected chi connectivity index (χ4v) is 1.34. The molecule has 0 radical (unpaired) electrons. The molecule has 0 saturated carbocycles. The molecule has 0 aliphatic heterocycles. The molecule has 0 spiro atoms. The van der Waals surface area contributed by atoms with E-state index >= 15 is 0 Å². The van der Waals surface area contributed by atoms with Crippen molar-refractivity contribution in [1.82, 2.24) is 0 Å². The third-order valence-electron chi connectivity index (χ3n) is 2.35. The first-order valence-corrected chi connectivity index (χ1v) is 5.19. The Kier molecular flexibility index (Phi) is 4.20. The molecule has 2 N–H and O–H groups in total. The SMILES string of the molecule is Cc1cc(NC(=O)C(C)CC(=O)O)ccc1F. The van der Waals surface area contributed by atoms with Gasteiger partial charge in [0.15, 0.2) is 0 Å². The minimum atomic E-state index is -1.03. The van der Waals surface area contributed by atoms with E-state index in [9.17, 15) is 14.0 Å². The Hall–Kier alpha value is -1.91. The first-order valence-electron chi connectivity index (χ1n) is 5.19. The van der Waals surface area contributed by atoms with Crippen LogP contribution >= 0.6 is 0 Å². The van der Waals surface area contributed by atoms with Crippen LogP contribution in [-0.4, -0.2) is 17.0 Å². The average molecular weight is 239 g/mol. The summed E-state index contributed by atoms with van der Waals surface area (Å²) in [7, 11) is 0. The van der Waals surface area contributed by atoms with E-state index in [0.29, 0.717) is 11.3 Å². The predicted molar refractivity (Wildman–Crippen MR) is 61.2 cm³/mol. The highest BCUT2D eigenvalue weighted by Crippen LogP contribution is 2.15. The summed E-state index contributed by atoms with van der Waals surface area (Å²) in [6, 6.07) is 4.20. The molecule has 0 heterocycles. The van der Waals surface area contributed by atoms with Crippen LogP contribution in [0.2, 0.25) is 0 Å². The molecule has 1 unspecified atom stereocenters. The first-order chi connectivity index (χ1) is 7.90. The Morgan fingerprint density at radius 2 is 2.12 bits per heavy atom. The number of hydrogen-bond acceptors (Lipinski definition) is 2. The van der Waals surface area contributed by atoms with Crippen molar-refractivity contribution in [2.24, 2.45) is 5.92 Å². The number of carboxylic acids is 1. The van der Waals surface area contributed by atoms with Gasteiger partial charge in [0, 0.05) is 11.6 Å². The monoisotopic (exact) mass is 239 g/mol. The summed E-state index contributed by atoms with van der Waals surface area (Å²) in [5.74, 6) is -2.39. The van der Waals surface area contributed by atoms with Crippen molar-refractivity contribution in [1.29, 1.82) is 0 Å². The van der Waals surface area contributed by atoms with Gasteiger partial charge in [0.2, 0.25) is 5.91 Å². The number of carboxylic acid groups (broad SMARTS) is 1. The Labute approximate surface area is 98.5 Å². The fraction of sp³-hybridized carbons (Fsp3) is 0.333. The lowest BCUT2D eigenvalue weighted by Gasteiger charge is -2.10. The molecule has 1 rings (SSSR count). The molecule has 0 bridgehead atoms. The largest absolute Gasteiger partial charge is 0.481 e. The van der Waals surface area contributed by atoms with Gasteiger partial charge in [0.1, 0.15) is 5.82 Å². The number of aliphatic carboxylic acids is 1. The Balaban J connectivity index is 2.67. The van der Waals surface area contributed by atoms with E-state index in [0.717, 1.165) is 0 Å². The van der Waals surface area contributed by atoms with Crippen LogP contribution in [0.1, 0.15) is 18.9 Å². The topological polar surface area (TPSA) is 66.4 Å². The van der Waals surface area contributed by atoms with Crippen molar-refractivity contribution in [3.8, 4) is 0 Å². The van der Waals surface area contributed by atoms with Crippen molar-refractivity contribution in [2.45, 2.75) is 20.3 Å². The van der Waals surface area contributed by atoms with Crippen LogP contribution in [0.3, 0.4) is 0 Å². The molecule has 0 aliphatic carbocycles. The van der Waals surface area contributed by atoms with E-state index in [1.54, 1.807) is 6.92 Å². The molecule has 1 aromatic rings. The molecule has 0 aliphatic rings. The summed E-state index contributed by atoms with van der Waals surface area (Å²) >= 11 is 0. The van der Waals surface area contributed by atoms with E-state index < -0.39 is 17.8 Å². The number of carbonyl (C=O) groups is 2. The number of benzene rings is 1. The van der Waals surface area contributed by atoms with Crippen LogP contribution in [0.5, 0.6) is 0 Å². The second-order valence-electron chi connectivity index (χ2n) is 3.95. The first kappa shape index (κ1) is 13.2. The summed E-state index contributed by atoms with van der Waals surface area (Å²) in [6.07, 6.45) is -0.230. The van der Waals surface area contributed by atoms with E-state index in [1.807, 2.05) is 0 Å². The van der Waals surface area contributed by atoms with Gasteiger partial charge in [-0.15, -0.1) is 0 Å². The molecule has 0 saturated heterocycles. The van der Waals surface area contributed by atoms with Crippen LogP contribution in [-0.2, 0) is 9.59 Å². The van der Waals surface area contributed by atoms with Gasteiger partial charge >= 0.3 is 5.97 Å². The van der Waals surface area contributed by atoms with E-state index in [-0.39, 0.29) is 12.2 Å². The molecule has 0 fully saturated rings. The lowest BCUT2D eigenvalue weighted by molar-refractivity contribution is -0.139. The molecule has 17 heavy (non-hydrogen) atoms. The molecule has 1 amide bonds. The molecule has 0 aromatic heterocycles. The highest BCUT2D eigenvalue weighted by molar-refractivity contribution is 5.94. The van der Waals surface area contributed by atoms with Gasteiger partial charge in [-0.2, -0.15) is 0 Å². The summed E-state index contributed by atoms with van der Waals surface area (Å²) in [4.78, 5) is 22.0. The van der Waals surface area contributed by atoms with Crippen molar-refractivity contribution in [2.75, 3.05) is 5.32 Å². The van der Waals surface area contributed by atoms with Crippen molar-refractivity contribution in [3.05, 3.63) is 29.6 Å². The number of carbonyl (C=O) groups excluding carboxylic acids is 1. The van der Waals surface area contributed by atoms with Crippen molar-refractivity contribution < 1.29 is 19.1 Å². The van der Waals surface area contributed by atoms with Gasteiger partial charge in [-0.1, -0.05) is 6.92 Å². The number of rotatable bonds is 4. The van der Waals surface area contributed by atoms with E-state index in [4.69, 9.17) is 5.11 Å². The van der Waals surface area contributed by atoms with Gasteiger partial charge in [-0.25, -0.2) is 4.39 Å². The molecule has 1 aromatic carbocycles. The van der Waals surface area contributed by atoms with Gasteiger partial charge in [0.05, 0.1) is 6.42 Å². The van der Waals surface area contributed by atoms with Crippen molar-refractivity contribution >= 4 is 17.6 Å². The number of anilines is 1. The molecule has 92 valence electrons. The third-order valence-corrected chi connectivity index (χ3v) is 2.35. The second kappa shape index (κ2) is 5.43. The van der Waals surface area contributed by atoms with E-state index in [2.05, 4.69) is 5.32 Å². The molecular formula is C12H14FNO3. The zero-order chi connectivity index (χ0) is 13.0. The smallest absolute Gasteiger partial charge is 0.304 e. The lowest BCUT2D eigenvalue weighted by atomic mass is 10.1. The highest BCUT2D eigenvalue weighted by atomic mass is 19.1. The maximum atomic E-state index is 13.0. The molecule has 5 heteroatoms. The normalized spacial score (nSPS) is 11.9. The lowest BCUT2D eigenvalue weighted by Crippen LogP contribution is -2.22. The minimum absolute atomic E-state index is 0.230. The standard InChI is InChI=1S/C12H14FNO3/c1-7-5-9(3-4-10(7)13)14-12(17)8(2)6-11(15)16/h3-5,8H,6H2,1-2H3,(H,14,17)(H,15,16). The Bertz CT molecular complexity index is 445. The maximum Gasteiger partial charge on any atom is 0.304 e. The van der Waals surface area contributed by atoms with Gasteiger partial charge < -0.3 is 10.4 Å². The number of nitrogens with one attached hydrogen (secondary N) is 1. The number of aryl methyl sites for hydroxylation is 1. The summed E-state index contributed by atoms with van der Waals surface area (Å²) in [5, 5.41) is 11.1. The zero-order valence-electron chi connectivity index (χ0n) is 9.66. The quantitative estimate of drug-likeness (QED) is 0.846. The Morgan fingerprint density at radius 1 is 1.47 bits per heavy atom. The number of amides is 1. The number of hydrogen-bond donors (Lipinski definition) is 2. The van der Waals surface area contributed by atoms with Crippen molar-refractivity contribution in [3.63, 3.8) is 0 Å². The Morgan fingerprint density at radius 3 is 2.65 bits per heavy atom. The predicted octanol–water partition coefficient (Wildman–Crippen LogP) is 2.18. The zero-order valence-corrected chi connectivity index (χ0v) is 9.66. The second-order valence-corrected chi connectivity index (χ2v) is 3.95. The summed E-state index contributed by atoms with van der Waals surface area (Å²) in [5.41, 5.74) is 0.889. The van der Waals surface area contributed by atoms with Gasteiger partial charge in [0.25, 0.3) is 0 Å². The third kappa shape index (κ3) is 3.86. The summed E-state index contributed by atoms with van der Waals surface area (Å²) < 4.78 is 13.0. The van der Waals surface area contributed by atoms with Gasteiger partial charge in [-0.05, 0) is 30.7 Å². The summed E-state index contributed by atoms with van der Waals surface area (Å²) in [6.45, 7) is 3.12. The highest BCUT2D eigenvalue weighted by Gasteiger charge is 2.16. The minimum Gasteiger partial charge on any atom is -0.481 e. The molecule has 4 nitrogen and oxygen atoms in total. The maximum absolute atomic E-state index is 13.0. The molecule has 1 atom stereocenters. The number of halogens is 1.